The van der Waals surface area contributed by atoms with Crippen LogP contribution in [0.15, 0.2) is 92.6 Å². The van der Waals surface area contributed by atoms with E-state index in [1.54, 1.807) is 37.3 Å². The van der Waals surface area contributed by atoms with Crippen molar-refractivity contribution < 1.29 is 18.5 Å². The Morgan fingerprint density at radius 2 is 1.75 bits per heavy atom. The van der Waals surface area contributed by atoms with Gasteiger partial charge >= 0.3 is 0 Å². The third kappa shape index (κ3) is 3.74. The molecule has 0 bridgehead atoms. The molecule has 0 saturated heterocycles. The SMILES string of the molecule is Cc1cc(N2C(=O)c3oc4ccccc4c(=O)c3C2c2ccc(OCc3ccc(Cl)cc3)cc2)no1. The van der Waals surface area contributed by atoms with Gasteiger partial charge in [-0.05, 0) is 54.4 Å². The van der Waals surface area contributed by atoms with E-state index in [1.807, 2.05) is 48.5 Å². The molecular formula is C28H19ClN2O5. The summed E-state index contributed by atoms with van der Waals surface area (Å²) in [4.78, 5) is 28.5. The Kier molecular flexibility index (Phi) is 5.34. The third-order valence-electron chi connectivity index (χ3n) is 6.15. The first-order chi connectivity index (χ1) is 17.5. The van der Waals surface area contributed by atoms with E-state index in [2.05, 4.69) is 5.16 Å². The molecule has 1 unspecified atom stereocenters. The lowest BCUT2D eigenvalue weighted by Crippen LogP contribution is -2.29. The zero-order chi connectivity index (χ0) is 24.8. The van der Waals surface area contributed by atoms with Crippen LogP contribution in [0.2, 0.25) is 5.02 Å². The lowest BCUT2D eigenvalue weighted by atomic mass is 9.98. The van der Waals surface area contributed by atoms with Gasteiger partial charge < -0.3 is 13.7 Å². The number of halogens is 1. The summed E-state index contributed by atoms with van der Waals surface area (Å²) in [6, 6.07) is 22.5. The van der Waals surface area contributed by atoms with Crippen LogP contribution in [0.4, 0.5) is 5.82 Å². The fraction of sp³-hybridized carbons (Fsp3) is 0.107. The zero-order valence-corrected chi connectivity index (χ0v) is 19.9. The molecule has 7 nitrogen and oxygen atoms in total. The minimum atomic E-state index is -0.733. The molecule has 36 heavy (non-hydrogen) atoms. The molecule has 1 aliphatic heterocycles. The molecule has 8 heteroatoms. The van der Waals surface area contributed by atoms with Crippen LogP contribution in [0.1, 0.15) is 39.0 Å². The van der Waals surface area contributed by atoms with E-state index in [0.29, 0.717) is 45.5 Å². The summed E-state index contributed by atoms with van der Waals surface area (Å²) >= 11 is 5.95. The van der Waals surface area contributed by atoms with Crippen LogP contribution in [-0.4, -0.2) is 11.1 Å². The average Bonchev–Trinajstić information content (AvgIpc) is 3.45. The van der Waals surface area contributed by atoms with Crippen molar-refractivity contribution >= 4 is 34.3 Å². The minimum absolute atomic E-state index is 0.00687. The average molecular weight is 499 g/mol. The highest BCUT2D eigenvalue weighted by Gasteiger charge is 2.44. The van der Waals surface area contributed by atoms with Gasteiger partial charge in [0, 0.05) is 11.1 Å². The minimum Gasteiger partial charge on any atom is -0.489 e. The maximum atomic E-state index is 13.6. The first-order valence-corrected chi connectivity index (χ1v) is 11.7. The molecule has 6 rings (SSSR count). The Bertz CT molecular complexity index is 1650. The van der Waals surface area contributed by atoms with E-state index < -0.39 is 11.9 Å². The highest BCUT2D eigenvalue weighted by Crippen LogP contribution is 2.41. The van der Waals surface area contributed by atoms with Gasteiger partial charge in [-0.2, -0.15) is 0 Å². The number of hydrogen-bond donors (Lipinski definition) is 0. The second kappa shape index (κ2) is 8.70. The van der Waals surface area contributed by atoms with Crippen molar-refractivity contribution in [3.05, 3.63) is 122 Å². The summed E-state index contributed by atoms with van der Waals surface area (Å²) in [5.41, 5.74) is 2.07. The summed E-state index contributed by atoms with van der Waals surface area (Å²) in [5, 5.41) is 5.12. The molecule has 3 aromatic carbocycles. The van der Waals surface area contributed by atoms with Crippen molar-refractivity contribution in [1.82, 2.24) is 5.16 Å². The van der Waals surface area contributed by atoms with E-state index in [9.17, 15) is 9.59 Å². The predicted molar refractivity (Wildman–Crippen MR) is 135 cm³/mol. The van der Waals surface area contributed by atoms with E-state index in [-0.39, 0.29) is 16.8 Å². The van der Waals surface area contributed by atoms with Crippen LogP contribution in [0.25, 0.3) is 11.0 Å². The van der Waals surface area contributed by atoms with Gasteiger partial charge in [-0.3, -0.25) is 14.5 Å². The van der Waals surface area contributed by atoms with Gasteiger partial charge in [0.15, 0.2) is 11.2 Å². The van der Waals surface area contributed by atoms with Crippen molar-refractivity contribution in [2.24, 2.45) is 0 Å². The van der Waals surface area contributed by atoms with Crippen molar-refractivity contribution in [3.8, 4) is 5.75 Å². The number of hydrogen-bond acceptors (Lipinski definition) is 6. The Morgan fingerprint density at radius 1 is 1.00 bits per heavy atom. The molecule has 178 valence electrons. The second-order valence-corrected chi connectivity index (χ2v) is 8.96. The van der Waals surface area contributed by atoms with Gasteiger partial charge in [-0.15, -0.1) is 0 Å². The van der Waals surface area contributed by atoms with Crippen LogP contribution in [-0.2, 0) is 6.61 Å². The number of rotatable bonds is 5. The monoisotopic (exact) mass is 498 g/mol. The van der Waals surface area contributed by atoms with Gasteiger partial charge in [-0.25, -0.2) is 0 Å². The number of ether oxygens (including phenoxy) is 1. The van der Waals surface area contributed by atoms with Gasteiger partial charge in [0.05, 0.1) is 17.0 Å². The third-order valence-corrected chi connectivity index (χ3v) is 6.41. The maximum absolute atomic E-state index is 13.6. The number of carbonyl (C=O) groups excluding carboxylic acids is 1. The summed E-state index contributed by atoms with van der Waals surface area (Å²) in [7, 11) is 0. The van der Waals surface area contributed by atoms with E-state index >= 15 is 0 Å². The molecule has 0 aliphatic carbocycles. The van der Waals surface area contributed by atoms with E-state index in [4.69, 9.17) is 25.3 Å². The predicted octanol–water partition coefficient (Wildman–Crippen LogP) is 6.07. The molecule has 3 heterocycles. The summed E-state index contributed by atoms with van der Waals surface area (Å²) in [5.74, 6) is 1.05. The van der Waals surface area contributed by atoms with Gasteiger partial charge in [-0.1, -0.05) is 53.2 Å². The number of benzene rings is 3. The molecule has 5 aromatic rings. The van der Waals surface area contributed by atoms with Crippen molar-refractivity contribution in [3.63, 3.8) is 0 Å². The molecular weight excluding hydrogens is 480 g/mol. The zero-order valence-electron chi connectivity index (χ0n) is 19.1. The lowest BCUT2D eigenvalue weighted by molar-refractivity contribution is 0.0969. The van der Waals surface area contributed by atoms with Crippen molar-refractivity contribution in [1.29, 1.82) is 0 Å². The summed E-state index contributed by atoms with van der Waals surface area (Å²) in [6.45, 7) is 2.12. The highest BCUT2D eigenvalue weighted by molar-refractivity contribution is 6.30. The molecule has 0 fully saturated rings. The number of amides is 1. The number of carbonyl (C=O) groups is 1. The summed E-state index contributed by atoms with van der Waals surface area (Å²) in [6.07, 6.45) is 0. The molecule has 0 radical (unpaired) electrons. The van der Waals surface area contributed by atoms with E-state index in [0.717, 1.165) is 5.56 Å². The van der Waals surface area contributed by atoms with Crippen LogP contribution in [0.5, 0.6) is 5.75 Å². The molecule has 1 atom stereocenters. The second-order valence-electron chi connectivity index (χ2n) is 8.53. The molecule has 1 amide bonds. The standard InChI is InChI=1S/C28H19ClN2O5/c1-16-14-23(30-36-16)31-25(24-26(32)21-4-2-3-5-22(21)35-27(24)28(31)33)18-8-12-20(13-9-18)34-15-17-6-10-19(29)11-7-17/h2-14,25H,15H2,1H3. The van der Waals surface area contributed by atoms with Crippen molar-refractivity contribution in [2.45, 2.75) is 19.6 Å². The topological polar surface area (TPSA) is 85.8 Å². The van der Waals surface area contributed by atoms with Crippen LogP contribution >= 0.6 is 11.6 Å². The van der Waals surface area contributed by atoms with Gasteiger partial charge in [0.2, 0.25) is 5.76 Å². The lowest BCUT2D eigenvalue weighted by Gasteiger charge is -2.22. The number of nitrogens with zero attached hydrogens (tertiary/aromatic N) is 2. The summed E-state index contributed by atoms with van der Waals surface area (Å²) < 4.78 is 17.1. The fourth-order valence-corrected chi connectivity index (χ4v) is 4.56. The Hall–Kier alpha value is -4.36. The van der Waals surface area contributed by atoms with Gasteiger partial charge in [0.25, 0.3) is 5.91 Å². The molecule has 0 N–H and O–H groups in total. The number of aromatic nitrogens is 1. The Morgan fingerprint density at radius 3 is 2.47 bits per heavy atom. The fourth-order valence-electron chi connectivity index (χ4n) is 4.43. The van der Waals surface area contributed by atoms with Crippen LogP contribution in [0, 0.1) is 6.92 Å². The van der Waals surface area contributed by atoms with Crippen LogP contribution < -0.4 is 15.1 Å². The van der Waals surface area contributed by atoms with Crippen LogP contribution in [0.3, 0.4) is 0 Å². The Balaban J connectivity index is 1.40. The first kappa shape index (κ1) is 22.1. The van der Waals surface area contributed by atoms with Gasteiger partial charge in [0.1, 0.15) is 23.7 Å². The normalized spacial score (nSPS) is 14.9. The smallest absolute Gasteiger partial charge is 0.296 e. The molecule has 0 saturated carbocycles. The number of fused-ring (bicyclic) bond motifs is 2. The number of anilines is 1. The molecule has 2 aromatic heterocycles. The van der Waals surface area contributed by atoms with Crippen molar-refractivity contribution in [2.75, 3.05) is 4.90 Å². The number of aryl methyl sites for hydroxylation is 1. The Labute approximate surface area is 210 Å². The molecule has 0 spiro atoms. The highest BCUT2D eigenvalue weighted by atomic mass is 35.5. The molecule has 1 aliphatic rings. The quantitative estimate of drug-likeness (QED) is 0.292. The largest absolute Gasteiger partial charge is 0.489 e. The number of para-hydroxylation sites is 1. The first-order valence-electron chi connectivity index (χ1n) is 11.3. The maximum Gasteiger partial charge on any atom is 0.296 e. The van der Waals surface area contributed by atoms with E-state index in [1.165, 1.54) is 4.90 Å².